The van der Waals surface area contributed by atoms with Crippen LogP contribution in [-0.2, 0) is 4.79 Å². The van der Waals surface area contributed by atoms with Gasteiger partial charge in [0, 0.05) is 32.7 Å². The molecule has 0 aromatic heterocycles. The predicted octanol–water partition coefficient (Wildman–Crippen LogP) is 1.64. The number of carbonyl (C=O) groups excluding carboxylic acids is 1. The van der Waals surface area contributed by atoms with E-state index < -0.39 is 0 Å². The van der Waals surface area contributed by atoms with Gasteiger partial charge in [0.25, 0.3) is 0 Å². The summed E-state index contributed by atoms with van der Waals surface area (Å²) in [6, 6.07) is 10.3. The molecule has 24 heavy (non-hydrogen) atoms. The van der Waals surface area contributed by atoms with Gasteiger partial charge < -0.3 is 4.90 Å². The maximum atomic E-state index is 13.0. The van der Waals surface area contributed by atoms with Crippen LogP contribution in [0, 0.1) is 11.8 Å². The van der Waals surface area contributed by atoms with E-state index in [-0.39, 0.29) is 17.9 Å². The van der Waals surface area contributed by atoms with Crippen molar-refractivity contribution in [2.45, 2.75) is 26.3 Å². The number of piperazine rings is 1. The number of benzene rings is 1. The summed E-state index contributed by atoms with van der Waals surface area (Å²) in [4.78, 5) is 17.5. The van der Waals surface area contributed by atoms with Crippen molar-refractivity contribution >= 4 is 5.91 Å². The minimum atomic E-state index is -0.0189. The molecule has 132 valence electrons. The first-order valence-electron chi connectivity index (χ1n) is 9.19. The number of hydrogen-bond donors (Lipinski definition) is 2. The van der Waals surface area contributed by atoms with Crippen LogP contribution in [0.1, 0.15) is 31.9 Å². The zero-order chi connectivity index (χ0) is 16.9. The van der Waals surface area contributed by atoms with E-state index in [1.54, 1.807) is 0 Å². The molecule has 0 radical (unpaired) electrons. The van der Waals surface area contributed by atoms with Crippen LogP contribution in [0.3, 0.4) is 0 Å². The van der Waals surface area contributed by atoms with Gasteiger partial charge in [-0.05, 0) is 24.4 Å². The molecule has 0 aliphatic carbocycles. The Balaban J connectivity index is 1.55. The molecule has 1 aromatic carbocycles. The molecule has 2 fully saturated rings. The minimum absolute atomic E-state index is 0.0189. The average molecular weight is 330 g/mol. The van der Waals surface area contributed by atoms with E-state index in [4.69, 9.17) is 0 Å². The standard InChI is InChI=1S/C19H30N4O/c1-15(2)8-9-22-10-12-23(13-11-22)19(24)17-14-20-21-18(17)16-6-4-3-5-7-16/h3-7,15,17-18,20-21H,8-14H2,1-2H3. The molecule has 1 amide bonds. The number of nitrogens with zero attached hydrogens (tertiary/aromatic N) is 2. The molecule has 0 bridgehead atoms. The van der Waals surface area contributed by atoms with Gasteiger partial charge in [0.1, 0.15) is 0 Å². The monoisotopic (exact) mass is 330 g/mol. The molecule has 1 aromatic rings. The topological polar surface area (TPSA) is 47.6 Å². The highest BCUT2D eigenvalue weighted by atomic mass is 16.2. The van der Waals surface area contributed by atoms with Gasteiger partial charge in [0.15, 0.2) is 0 Å². The Morgan fingerprint density at radius 3 is 2.54 bits per heavy atom. The average Bonchev–Trinajstić information content (AvgIpc) is 3.10. The number of nitrogens with one attached hydrogen (secondary N) is 2. The number of hydrogen-bond acceptors (Lipinski definition) is 4. The summed E-state index contributed by atoms with van der Waals surface area (Å²) in [7, 11) is 0. The summed E-state index contributed by atoms with van der Waals surface area (Å²) in [5.41, 5.74) is 7.63. The Kier molecular flexibility index (Phi) is 5.87. The Bertz CT molecular complexity index is 525. The highest BCUT2D eigenvalue weighted by molar-refractivity contribution is 5.80. The third kappa shape index (κ3) is 4.15. The summed E-state index contributed by atoms with van der Waals surface area (Å²) in [5, 5.41) is 0. The highest BCUT2D eigenvalue weighted by Gasteiger charge is 2.37. The molecule has 2 N–H and O–H groups in total. The lowest BCUT2D eigenvalue weighted by Crippen LogP contribution is -2.51. The van der Waals surface area contributed by atoms with E-state index in [1.807, 2.05) is 18.2 Å². The van der Waals surface area contributed by atoms with Crippen molar-refractivity contribution in [1.29, 1.82) is 0 Å². The summed E-state index contributed by atoms with van der Waals surface area (Å²) in [5.74, 6) is 1.01. The molecule has 5 heteroatoms. The predicted molar refractivity (Wildman–Crippen MR) is 96.3 cm³/mol. The summed E-state index contributed by atoms with van der Waals surface area (Å²) >= 11 is 0. The van der Waals surface area contributed by atoms with Gasteiger partial charge in [-0.3, -0.25) is 15.1 Å². The van der Waals surface area contributed by atoms with Crippen molar-refractivity contribution in [1.82, 2.24) is 20.7 Å². The Morgan fingerprint density at radius 2 is 1.88 bits per heavy atom. The summed E-state index contributed by atoms with van der Waals surface area (Å²) in [6.07, 6.45) is 1.24. The lowest BCUT2D eigenvalue weighted by Gasteiger charge is -2.36. The van der Waals surface area contributed by atoms with Crippen LogP contribution in [-0.4, -0.2) is 55.0 Å². The van der Waals surface area contributed by atoms with Gasteiger partial charge in [-0.2, -0.15) is 0 Å². The summed E-state index contributed by atoms with van der Waals surface area (Å²) < 4.78 is 0. The number of carbonyl (C=O) groups is 1. The third-order valence-corrected chi connectivity index (χ3v) is 5.16. The smallest absolute Gasteiger partial charge is 0.229 e. The van der Waals surface area contributed by atoms with E-state index in [2.05, 4.69) is 46.6 Å². The lowest BCUT2D eigenvalue weighted by molar-refractivity contribution is -0.137. The largest absolute Gasteiger partial charge is 0.340 e. The minimum Gasteiger partial charge on any atom is -0.340 e. The van der Waals surface area contributed by atoms with Crippen LogP contribution in [0.15, 0.2) is 30.3 Å². The second-order valence-corrected chi connectivity index (χ2v) is 7.37. The molecular formula is C19H30N4O. The number of rotatable bonds is 5. The first kappa shape index (κ1) is 17.4. The van der Waals surface area contributed by atoms with Crippen LogP contribution < -0.4 is 10.9 Å². The Hall–Kier alpha value is -1.43. The molecule has 2 aliphatic heterocycles. The van der Waals surface area contributed by atoms with Gasteiger partial charge in [-0.1, -0.05) is 44.2 Å². The fourth-order valence-electron chi connectivity index (χ4n) is 3.57. The zero-order valence-corrected chi connectivity index (χ0v) is 14.9. The SMILES string of the molecule is CC(C)CCN1CCN(C(=O)C2CNNC2c2ccccc2)CC1. The maximum absolute atomic E-state index is 13.0. The van der Waals surface area contributed by atoms with Gasteiger partial charge in [0.2, 0.25) is 5.91 Å². The van der Waals surface area contributed by atoms with Crippen LogP contribution in [0.5, 0.6) is 0 Å². The normalized spacial score (nSPS) is 25.4. The fourth-order valence-corrected chi connectivity index (χ4v) is 3.57. The highest BCUT2D eigenvalue weighted by Crippen LogP contribution is 2.26. The number of amides is 1. The van der Waals surface area contributed by atoms with Crippen molar-refractivity contribution in [2.24, 2.45) is 11.8 Å². The maximum Gasteiger partial charge on any atom is 0.229 e. The van der Waals surface area contributed by atoms with Crippen LogP contribution >= 0.6 is 0 Å². The first-order chi connectivity index (χ1) is 11.6. The van der Waals surface area contributed by atoms with Gasteiger partial charge in [-0.15, -0.1) is 0 Å². The molecule has 2 saturated heterocycles. The first-order valence-corrected chi connectivity index (χ1v) is 9.19. The molecule has 5 nitrogen and oxygen atoms in total. The second-order valence-electron chi connectivity index (χ2n) is 7.37. The zero-order valence-electron chi connectivity index (χ0n) is 14.9. The third-order valence-electron chi connectivity index (χ3n) is 5.16. The molecule has 0 spiro atoms. The van der Waals surface area contributed by atoms with Crippen molar-refractivity contribution in [3.8, 4) is 0 Å². The molecule has 2 atom stereocenters. The molecule has 2 unspecified atom stereocenters. The van der Waals surface area contributed by atoms with Gasteiger partial charge in [0.05, 0.1) is 12.0 Å². The van der Waals surface area contributed by atoms with Gasteiger partial charge >= 0.3 is 0 Å². The molecule has 0 saturated carbocycles. The van der Waals surface area contributed by atoms with E-state index in [0.717, 1.165) is 38.6 Å². The van der Waals surface area contributed by atoms with E-state index >= 15 is 0 Å². The van der Waals surface area contributed by atoms with E-state index in [0.29, 0.717) is 6.54 Å². The van der Waals surface area contributed by atoms with Crippen molar-refractivity contribution in [3.63, 3.8) is 0 Å². The quantitative estimate of drug-likeness (QED) is 0.862. The molecule has 3 rings (SSSR count). The van der Waals surface area contributed by atoms with Crippen molar-refractivity contribution in [3.05, 3.63) is 35.9 Å². The molecule has 2 aliphatic rings. The number of hydrazine groups is 1. The van der Waals surface area contributed by atoms with Crippen molar-refractivity contribution in [2.75, 3.05) is 39.3 Å². The van der Waals surface area contributed by atoms with Crippen LogP contribution in [0.4, 0.5) is 0 Å². The lowest BCUT2D eigenvalue weighted by atomic mass is 9.93. The second kappa shape index (κ2) is 8.10. The van der Waals surface area contributed by atoms with E-state index in [9.17, 15) is 4.79 Å². The Labute approximate surface area is 145 Å². The fraction of sp³-hybridized carbons (Fsp3) is 0.632. The molecular weight excluding hydrogens is 300 g/mol. The molecule has 2 heterocycles. The van der Waals surface area contributed by atoms with Crippen molar-refractivity contribution < 1.29 is 4.79 Å². The van der Waals surface area contributed by atoms with Crippen LogP contribution in [0.2, 0.25) is 0 Å². The van der Waals surface area contributed by atoms with Gasteiger partial charge in [-0.25, -0.2) is 5.43 Å². The van der Waals surface area contributed by atoms with Crippen LogP contribution in [0.25, 0.3) is 0 Å². The summed E-state index contributed by atoms with van der Waals surface area (Å²) in [6.45, 7) is 10.1. The van der Waals surface area contributed by atoms with E-state index in [1.165, 1.54) is 12.0 Å². The Morgan fingerprint density at radius 1 is 1.17 bits per heavy atom.